The van der Waals surface area contributed by atoms with Crippen LogP contribution in [0.2, 0.25) is 0 Å². The highest BCUT2D eigenvalue weighted by Crippen LogP contribution is 2.44. The van der Waals surface area contributed by atoms with Crippen LogP contribution in [-0.4, -0.2) is 82.5 Å². The molecule has 0 radical (unpaired) electrons. The van der Waals surface area contributed by atoms with Gasteiger partial charge in [0.25, 0.3) is 23.4 Å². The lowest BCUT2D eigenvalue weighted by Gasteiger charge is -2.37. The van der Waals surface area contributed by atoms with Crippen molar-refractivity contribution >= 4 is 41.1 Å². The van der Waals surface area contributed by atoms with Crippen molar-refractivity contribution in [3.63, 3.8) is 0 Å². The van der Waals surface area contributed by atoms with Crippen LogP contribution in [-0.2, 0) is 24.0 Å². The van der Waals surface area contributed by atoms with Crippen LogP contribution < -0.4 is 16.1 Å². The van der Waals surface area contributed by atoms with Gasteiger partial charge in [-0.1, -0.05) is 38.8 Å². The van der Waals surface area contributed by atoms with Gasteiger partial charge in [-0.15, -0.1) is 0 Å². The van der Waals surface area contributed by atoms with E-state index in [1.54, 1.807) is 20.8 Å². The second-order valence-electron chi connectivity index (χ2n) is 12.0. The summed E-state index contributed by atoms with van der Waals surface area (Å²) in [6.45, 7) is 5.63. The summed E-state index contributed by atoms with van der Waals surface area (Å²) < 4.78 is 28.3. The Balaban J connectivity index is 1.56. The number of likely N-dealkylation sites (tertiary alicyclic amines) is 1. The van der Waals surface area contributed by atoms with Crippen molar-refractivity contribution in [2.75, 3.05) is 19.6 Å². The number of alkyl halides is 3. The van der Waals surface area contributed by atoms with Crippen LogP contribution in [0.5, 0.6) is 0 Å². The Bertz CT molecular complexity index is 1000. The van der Waals surface area contributed by atoms with Gasteiger partial charge in [-0.25, -0.2) is 13.8 Å². The van der Waals surface area contributed by atoms with Crippen molar-refractivity contribution in [1.82, 2.24) is 26.0 Å². The van der Waals surface area contributed by atoms with E-state index >= 15 is 0 Å². The Morgan fingerprint density at radius 2 is 1.89 bits per heavy atom. The number of rotatable bonds is 7. The Morgan fingerprint density at radius 3 is 2.45 bits per heavy atom. The number of hydrogen-bond donors (Lipinski definition) is 3. The highest BCUT2D eigenvalue weighted by molar-refractivity contribution is 6.29. The molecule has 4 aliphatic rings. The van der Waals surface area contributed by atoms with Crippen LogP contribution in [0.15, 0.2) is 0 Å². The quantitative estimate of drug-likeness (QED) is 0.319. The van der Waals surface area contributed by atoms with E-state index in [-0.39, 0.29) is 43.7 Å². The fraction of sp³-hybridized carbons (Fsp3) is 0.800. The zero-order valence-electron chi connectivity index (χ0n) is 21.9. The summed E-state index contributed by atoms with van der Waals surface area (Å²) in [5, 5.41) is 5.93. The standard InChI is InChI=1S/C25H36ClF2N5O5/c1-24(2,3)17(30-23(38)25(28)8-9-25)21(36)32-11-13-5-4-6-15(13)16(32)20(35)31-33(22(37)18(26)27)12-14-7-10-29-19(14)34/h13-18H,4-12H2,1-3H3,(H,29,34)(H,30,38)(H,31,35)/t13-,14-,15-,16-,17?,18?/m0/s1. The molecular weight excluding hydrogens is 524 g/mol. The fourth-order valence-corrected chi connectivity index (χ4v) is 5.95. The molecule has 4 rings (SSSR count). The van der Waals surface area contributed by atoms with Crippen molar-refractivity contribution in [2.24, 2.45) is 23.2 Å². The summed E-state index contributed by atoms with van der Waals surface area (Å²) in [5.41, 5.74) is -2.75. The molecule has 2 aliphatic heterocycles. The van der Waals surface area contributed by atoms with Crippen molar-refractivity contribution in [2.45, 2.75) is 82.7 Å². The third kappa shape index (κ3) is 5.74. The molecule has 10 nitrogen and oxygen atoms in total. The van der Waals surface area contributed by atoms with Crippen molar-refractivity contribution < 1.29 is 32.8 Å². The summed E-state index contributed by atoms with van der Waals surface area (Å²) in [4.78, 5) is 66.0. The predicted molar refractivity (Wildman–Crippen MR) is 133 cm³/mol. The molecule has 5 amide bonds. The molecule has 13 heteroatoms. The lowest BCUT2D eigenvalue weighted by Crippen LogP contribution is -2.61. The Labute approximate surface area is 225 Å². The molecule has 0 aromatic rings. The van der Waals surface area contributed by atoms with Gasteiger partial charge >= 0.3 is 0 Å². The highest BCUT2D eigenvalue weighted by Gasteiger charge is 2.55. The number of halogens is 3. The third-order valence-corrected chi connectivity index (χ3v) is 8.38. The number of hydrogen-bond acceptors (Lipinski definition) is 5. The predicted octanol–water partition coefficient (Wildman–Crippen LogP) is 1.18. The van der Waals surface area contributed by atoms with Gasteiger partial charge in [-0.05, 0) is 49.4 Å². The van der Waals surface area contributed by atoms with Gasteiger partial charge < -0.3 is 15.5 Å². The molecule has 212 valence electrons. The average molecular weight is 560 g/mol. The molecule has 2 saturated carbocycles. The van der Waals surface area contributed by atoms with Gasteiger partial charge in [0.2, 0.25) is 11.8 Å². The smallest absolute Gasteiger partial charge is 0.291 e. The van der Waals surface area contributed by atoms with Crippen LogP contribution in [0.1, 0.15) is 59.3 Å². The topological polar surface area (TPSA) is 128 Å². The Kier molecular flexibility index (Phi) is 7.94. The second kappa shape index (κ2) is 10.6. The SMILES string of the molecule is CC(C)(C)C(NC(=O)C1(F)CC1)C(=O)N1C[C@@H]2CCC[C@@H]2[C@H]1C(=O)NN(C[C@@H]1CCNC1=O)C(=O)C(F)Cl. The first-order valence-corrected chi connectivity index (χ1v) is 13.6. The number of nitrogens with zero attached hydrogens (tertiary/aromatic N) is 2. The molecule has 0 aromatic heterocycles. The molecule has 2 saturated heterocycles. The molecule has 6 atom stereocenters. The first-order chi connectivity index (χ1) is 17.7. The minimum absolute atomic E-state index is 0.0358. The summed E-state index contributed by atoms with van der Waals surface area (Å²) in [7, 11) is 0. The fourth-order valence-electron chi connectivity index (χ4n) is 5.83. The molecule has 0 spiro atoms. The molecule has 2 aliphatic carbocycles. The maximum Gasteiger partial charge on any atom is 0.291 e. The van der Waals surface area contributed by atoms with E-state index in [1.807, 2.05) is 0 Å². The average Bonchev–Trinajstić information content (AvgIpc) is 3.14. The van der Waals surface area contributed by atoms with E-state index in [9.17, 15) is 32.8 Å². The summed E-state index contributed by atoms with van der Waals surface area (Å²) >= 11 is 5.39. The lowest BCUT2D eigenvalue weighted by molar-refractivity contribution is -0.151. The van der Waals surface area contributed by atoms with Crippen LogP contribution in [0.3, 0.4) is 0 Å². The minimum Gasteiger partial charge on any atom is -0.356 e. The van der Waals surface area contributed by atoms with E-state index in [1.165, 1.54) is 4.90 Å². The van der Waals surface area contributed by atoms with E-state index in [0.717, 1.165) is 17.9 Å². The maximum absolute atomic E-state index is 14.4. The van der Waals surface area contributed by atoms with Crippen LogP contribution in [0.25, 0.3) is 0 Å². The molecule has 0 bridgehead atoms. The number of carbonyl (C=O) groups excluding carboxylic acids is 5. The number of amides is 5. The van der Waals surface area contributed by atoms with Gasteiger partial charge in [0.1, 0.15) is 12.1 Å². The number of fused-ring (bicyclic) bond motifs is 1. The van der Waals surface area contributed by atoms with Crippen LogP contribution >= 0.6 is 11.6 Å². The Morgan fingerprint density at radius 1 is 1.21 bits per heavy atom. The highest BCUT2D eigenvalue weighted by atomic mass is 35.5. The number of carbonyl (C=O) groups is 5. The van der Waals surface area contributed by atoms with Crippen molar-refractivity contribution in [3.8, 4) is 0 Å². The monoisotopic (exact) mass is 559 g/mol. The van der Waals surface area contributed by atoms with Gasteiger partial charge in [0.15, 0.2) is 5.67 Å². The normalized spacial score (nSPS) is 29.2. The summed E-state index contributed by atoms with van der Waals surface area (Å²) in [5.74, 6) is -4.39. The minimum atomic E-state index is -2.43. The lowest BCUT2D eigenvalue weighted by atomic mass is 9.85. The largest absolute Gasteiger partial charge is 0.356 e. The van der Waals surface area contributed by atoms with Crippen molar-refractivity contribution in [1.29, 1.82) is 0 Å². The second-order valence-corrected chi connectivity index (χ2v) is 12.4. The Hall–Kier alpha value is -2.50. The molecule has 4 fully saturated rings. The van der Waals surface area contributed by atoms with Crippen molar-refractivity contribution in [3.05, 3.63) is 0 Å². The van der Waals surface area contributed by atoms with Gasteiger partial charge in [-0.2, -0.15) is 0 Å². The summed E-state index contributed by atoms with van der Waals surface area (Å²) in [6, 6.07) is -2.08. The van der Waals surface area contributed by atoms with E-state index in [2.05, 4.69) is 16.1 Å². The third-order valence-electron chi connectivity index (χ3n) is 8.19. The molecule has 3 N–H and O–H groups in total. The maximum atomic E-state index is 14.4. The molecule has 38 heavy (non-hydrogen) atoms. The zero-order chi connectivity index (χ0) is 28.0. The van der Waals surface area contributed by atoms with Crippen LogP contribution in [0.4, 0.5) is 8.78 Å². The summed E-state index contributed by atoms with van der Waals surface area (Å²) in [6.07, 6.45) is 2.94. The van der Waals surface area contributed by atoms with Gasteiger partial charge in [0, 0.05) is 13.1 Å². The molecule has 0 aromatic carbocycles. The molecular formula is C25H36ClF2N5O5. The first-order valence-electron chi connectivity index (χ1n) is 13.2. The van der Waals surface area contributed by atoms with E-state index < -0.39 is 58.3 Å². The molecule has 2 unspecified atom stereocenters. The molecule has 2 heterocycles. The number of hydrazine groups is 1. The van der Waals surface area contributed by atoms with E-state index in [4.69, 9.17) is 11.6 Å². The van der Waals surface area contributed by atoms with E-state index in [0.29, 0.717) is 19.4 Å². The first kappa shape index (κ1) is 28.5. The van der Waals surface area contributed by atoms with Gasteiger partial charge in [0.05, 0.1) is 12.5 Å². The van der Waals surface area contributed by atoms with Crippen LogP contribution in [0, 0.1) is 23.2 Å². The van der Waals surface area contributed by atoms with Gasteiger partial charge in [-0.3, -0.25) is 29.4 Å². The number of nitrogens with one attached hydrogen (secondary N) is 3. The zero-order valence-corrected chi connectivity index (χ0v) is 22.7.